The lowest BCUT2D eigenvalue weighted by molar-refractivity contribution is 0.0747. The lowest BCUT2D eigenvalue weighted by Gasteiger charge is -2.36. The first-order valence-corrected chi connectivity index (χ1v) is 11.4. The Morgan fingerprint density at radius 2 is 1.67 bits per heavy atom. The van der Waals surface area contributed by atoms with E-state index in [1.54, 1.807) is 12.4 Å². The SMILES string of the molecule is O=C(c1cn(Cc2ccccc2)nc1-c1cccnc1)N1CCN(c2ccccc2Cl)CC1. The van der Waals surface area contributed by atoms with Gasteiger partial charge in [0.05, 0.1) is 22.8 Å². The Bertz CT molecular complexity index is 1230. The van der Waals surface area contributed by atoms with Crippen LogP contribution in [0, 0.1) is 0 Å². The highest BCUT2D eigenvalue weighted by Gasteiger charge is 2.27. The summed E-state index contributed by atoms with van der Waals surface area (Å²) in [6.45, 7) is 3.31. The summed E-state index contributed by atoms with van der Waals surface area (Å²) in [7, 11) is 0. The number of amides is 1. The van der Waals surface area contributed by atoms with E-state index < -0.39 is 0 Å². The molecule has 5 rings (SSSR count). The van der Waals surface area contributed by atoms with Crippen molar-refractivity contribution < 1.29 is 4.79 Å². The molecule has 0 spiro atoms. The number of hydrogen-bond donors (Lipinski definition) is 0. The highest BCUT2D eigenvalue weighted by atomic mass is 35.5. The van der Waals surface area contributed by atoms with Gasteiger partial charge in [0, 0.05) is 50.3 Å². The van der Waals surface area contributed by atoms with Crippen LogP contribution >= 0.6 is 11.6 Å². The number of pyridine rings is 1. The topological polar surface area (TPSA) is 54.3 Å². The van der Waals surface area contributed by atoms with E-state index >= 15 is 0 Å². The van der Waals surface area contributed by atoms with Crippen molar-refractivity contribution in [3.05, 3.63) is 101 Å². The fraction of sp³-hybridized carbons (Fsp3) is 0.192. The molecular weight excluding hydrogens is 434 g/mol. The van der Waals surface area contributed by atoms with Crippen molar-refractivity contribution in [3.8, 4) is 11.3 Å². The lowest BCUT2D eigenvalue weighted by Crippen LogP contribution is -2.48. The maximum Gasteiger partial charge on any atom is 0.257 e. The van der Waals surface area contributed by atoms with Gasteiger partial charge in [-0.05, 0) is 29.8 Å². The zero-order chi connectivity index (χ0) is 22.6. The van der Waals surface area contributed by atoms with Crippen molar-refractivity contribution in [2.75, 3.05) is 31.1 Å². The second-order valence-corrected chi connectivity index (χ2v) is 8.45. The molecule has 0 atom stereocenters. The van der Waals surface area contributed by atoms with Crippen LogP contribution in [0.25, 0.3) is 11.3 Å². The van der Waals surface area contributed by atoms with Gasteiger partial charge in [-0.15, -0.1) is 0 Å². The van der Waals surface area contributed by atoms with Crippen LogP contribution < -0.4 is 4.90 Å². The number of piperazine rings is 1. The number of anilines is 1. The van der Waals surface area contributed by atoms with Crippen molar-refractivity contribution in [3.63, 3.8) is 0 Å². The largest absolute Gasteiger partial charge is 0.367 e. The number of nitrogens with zero attached hydrogens (tertiary/aromatic N) is 5. The fourth-order valence-electron chi connectivity index (χ4n) is 4.17. The zero-order valence-electron chi connectivity index (χ0n) is 18.1. The summed E-state index contributed by atoms with van der Waals surface area (Å²) in [5.41, 5.74) is 4.24. The Balaban J connectivity index is 1.38. The Morgan fingerprint density at radius 3 is 2.39 bits per heavy atom. The number of hydrogen-bond acceptors (Lipinski definition) is 4. The Labute approximate surface area is 198 Å². The van der Waals surface area contributed by atoms with Crippen LogP contribution in [0.3, 0.4) is 0 Å². The first-order valence-electron chi connectivity index (χ1n) is 11.0. The minimum atomic E-state index is -0.00743. The van der Waals surface area contributed by atoms with Gasteiger partial charge in [-0.25, -0.2) is 0 Å². The van der Waals surface area contributed by atoms with E-state index in [1.165, 1.54) is 0 Å². The van der Waals surface area contributed by atoms with Gasteiger partial charge < -0.3 is 9.80 Å². The molecule has 1 fully saturated rings. The number of carbonyl (C=O) groups is 1. The Morgan fingerprint density at radius 1 is 0.909 bits per heavy atom. The van der Waals surface area contributed by atoms with Crippen molar-refractivity contribution >= 4 is 23.2 Å². The second-order valence-electron chi connectivity index (χ2n) is 8.05. The minimum absolute atomic E-state index is 0.00743. The smallest absolute Gasteiger partial charge is 0.257 e. The summed E-state index contributed by atoms with van der Waals surface area (Å²) in [5.74, 6) is -0.00743. The summed E-state index contributed by atoms with van der Waals surface area (Å²) < 4.78 is 1.84. The second kappa shape index (κ2) is 9.46. The summed E-state index contributed by atoms with van der Waals surface area (Å²) >= 11 is 6.37. The predicted molar refractivity (Wildman–Crippen MR) is 131 cm³/mol. The Hall–Kier alpha value is -3.64. The normalized spacial score (nSPS) is 13.8. The zero-order valence-corrected chi connectivity index (χ0v) is 18.9. The summed E-state index contributed by atoms with van der Waals surface area (Å²) in [5, 5.41) is 5.50. The molecule has 0 unspecified atom stereocenters. The molecule has 6 nitrogen and oxygen atoms in total. The molecule has 4 aromatic rings. The first-order chi connectivity index (χ1) is 16.2. The molecule has 0 bridgehead atoms. The molecular formula is C26H24ClN5O. The van der Waals surface area contributed by atoms with E-state index in [4.69, 9.17) is 16.7 Å². The highest BCUT2D eigenvalue weighted by Crippen LogP contribution is 2.27. The number of rotatable bonds is 5. The van der Waals surface area contributed by atoms with Gasteiger partial charge in [0.25, 0.3) is 5.91 Å². The molecule has 166 valence electrons. The molecule has 2 aromatic carbocycles. The average molecular weight is 458 g/mol. The van der Waals surface area contributed by atoms with E-state index in [1.807, 2.05) is 70.4 Å². The third kappa shape index (κ3) is 4.61. The van der Waals surface area contributed by atoms with Crippen molar-refractivity contribution in [1.29, 1.82) is 0 Å². The molecule has 2 aromatic heterocycles. The number of aromatic nitrogens is 3. The molecule has 0 saturated carbocycles. The maximum atomic E-state index is 13.6. The summed E-state index contributed by atoms with van der Waals surface area (Å²) in [6.07, 6.45) is 5.33. The van der Waals surface area contributed by atoms with Crippen LogP contribution in [0.15, 0.2) is 85.3 Å². The third-order valence-electron chi connectivity index (χ3n) is 5.87. The first kappa shape index (κ1) is 21.2. The van der Waals surface area contributed by atoms with Crippen molar-refractivity contribution in [2.45, 2.75) is 6.54 Å². The minimum Gasteiger partial charge on any atom is -0.367 e. The molecule has 1 aliphatic heterocycles. The monoisotopic (exact) mass is 457 g/mol. The van der Waals surface area contributed by atoms with Gasteiger partial charge in [-0.2, -0.15) is 5.10 Å². The number of carbonyl (C=O) groups excluding carboxylic acids is 1. The standard InChI is InChI=1S/C26H24ClN5O/c27-23-10-4-5-11-24(23)30-13-15-31(16-14-30)26(33)22-19-32(18-20-7-2-1-3-8-20)29-25(22)21-9-6-12-28-17-21/h1-12,17,19H,13-16,18H2. The van der Waals surface area contributed by atoms with Crippen LogP contribution in [-0.2, 0) is 6.54 Å². The number of para-hydroxylation sites is 1. The van der Waals surface area contributed by atoms with Crippen LogP contribution in [0.5, 0.6) is 0 Å². The van der Waals surface area contributed by atoms with E-state index in [9.17, 15) is 4.79 Å². The van der Waals surface area contributed by atoms with Gasteiger partial charge in [0.1, 0.15) is 5.69 Å². The van der Waals surface area contributed by atoms with E-state index in [-0.39, 0.29) is 5.91 Å². The van der Waals surface area contributed by atoms with Crippen molar-refractivity contribution in [2.24, 2.45) is 0 Å². The van der Waals surface area contributed by atoms with Gasteiger partial charge in [-0.3, -0.25) is 14.5 Å². The molecule has 0 aliphatic carbocycles. The van der Waals surface area contributed by atoms with Crippen LogP contribution in [0.2, 0.25) is 5.02 Å². The fourth-order valence-corrected chi connectivity index (χ4v) is 4.43. The summed E-state index contributed by atoms with van der Waals surface area (Å²) in [6, 6.07) is 21.8. The van der Waals surface area contributed by atoms with E-state index in [0.29, 0.717) is 30.9 Å². The van der Waals surface area contributed by atoms with Gasteiger partial charge in [-0.1, -0.05) is 54.1 Å². The quantitative estimate of drug-likeness (QED) is 0.439. The Kier molecular flexibility index (Phi) is 6.09. The van der Waals surface area contributed by atoms with Gasteiger partial charge >= 0.3 is 0 Å². The van der Waals surface area contributed by atoms with Crippen LogP contribution in [0.4, 0.5) is 5.69 Å². The third-order valence-corrected chi connectivity index (χ3v) is 6.19. The van der Waals surface area contributed by atoms with Crippen LogP contribution in [0.1, 0.15) is 15.9 Å². The van der Waals surface area contributed by atoms with Gasteiger partial charge in [0.2, 0.25) is 0 Å². The molecule has 1 amide bonds. The molecule has 1 aliphatic rings. The maximum absolute atomic E-state index is 13.6. The molecule has 7 heteroatoms. The molecule has 0 radical (unpaired) electrons. The number of benzene rings is 2. The van der Waals surface area contributed by atoms with Crippen LogP contribution in [-0.4, -0.2) is 51.8 Å². The average Bonchev–Trinajstić information content (AvgIpc) is 3.29. The van der Waals surface area contributed by atoms with E-state index in [2.05, 4.69) is 22.0 Å². The summed E-state index contributed by atoms with van der Waals surface area (Å²) in [4.78, 5) is 21.9. The lowest BCUT2D eigenvalue weighted by atomic mass is 10.1. The van der Waals surface area contributed by atoms with Gasteiger partial charge in [0.15, 0.2) is 0 Å². The molecule has 0 N–H and O–H groups in total. The molecule has 3 heterocycles. The number of halogens is 1. The van der Waals surface area contributed by atoms with Crippen molar-refractivity contribution in [1.82, 2.24) is 19.7 Å². The predicted octanol–water partition coefficient (Wildman–Crippen LogP) is 4.61. The molecule has 1 saturated heterocycles. The highest BCUT2D eigenvalue weighted by molar-refractivity contribution is 6.33. The van der Waals surface area contributed by atoms with E-state index in [0.717, 1.165) is 34.9 Å². The molecule has 33 heavy (non-hydrogen) atoms.